The van der Waals surface area contributed by atoms with Gasteiger partial charge in [0.2, 0.25) is 4.96 Å². The molecule has 2 aromatic carbocycles. The van der Waals surface area contributed by atoms with Gasteiger partial charge in [-0.05, 0) is 49.5 Å². The average molecular weight is 487 g/mol. The highest BCUT2D eigenvalue weighted by molar-refractivity contribution is 7.80. The molecule has 164 valence electrons. The zero-order chi connectivity index (χ0) is 22.7. The highest BCUT2D eigenvalue weighted by Crippen LogP contribution is 2.28. The fraction of sp³-hybridized carbons (Fsp3) is 0.190. The molecule has 0 radical (unpaired) electrons. The topological polar surface area (TPSA) is 93.4 Å². The number of thiocarbonyl (C=S) groups is 1. The van der Waals surface area contributed by atoms with E-state index < -0.39 is 0 Å². The monoisotopic (exact) mass is 486 g/mol. The number of nitrogens with one attached hydrogen (secondary N) is 2. The number of aromatic nitrogens is 4. The van der Waals surface area contributed by atoms with Crippen LogP contribution in [0, 0.1) is 0 Å². The summed E-state index contributed by atoms with van der Waals surface area (Å²) in [5.41, 5.74) is 2.00. The van der Waals surface area contributed by atoms with Gasteiger partial charge in [-0.3, -0.25) is 10.1 Å². The van der Waals surface area contributed by atoms with Crippen LogP contribution in [0.5, 0.6) is 5.75 Å². The second kappa shape index (κ2) is 9.60. The fourth-order valence-corrected chi connectivity index (χ4v) is 4.28. The molecule has 2 N–H and O–H groups in total. The third kappa shape index (κ3) is 4.72. The summed E-state index contributed by atoms with van der Waals surface area (Å²) in [6, 6.07) is 12.4. The van der Waals surface area contributed by atoms with Crippen molar-refractivity contribution >= 4 is 56.8 Å². The van der Waals surface area contributed by atoms with Gasteiger partial charge >= 0.3 is 0 Å². The van der Waals surface area contributed by atoms with Crippen molar-refractivity contribution in [3.8, 4) is 16.3 Å². The summed E-state index contributed by atoms with van der Waals surface area (Å²) >= 11 is 12.9. The number of hydrogen-bond donors (Lipinski definition) is 2. The van der Waals surface area contributed by atoms with Crippen molar-refractivity contribution in [2.75, 3.05) is 11.9 Å². The number of hydrogen-bond acceptors (Lipinski definition) is 7. The lowest BCUT2D eigenvalue weighted by molar-refractivity contribution is 0.0977. The summed E-state index contributed by atoms with van der Waals surface area (Å²) < 4.78 is 7.15. The number of nitrogens with zero attached hydrogens (tertiary/aromatic N) is 4. The van der Waals surface area contributed by atoms with E-state index in [1.165, 1.54) is 11.3 Å². The molecule has 0 fully saturated rings. The molecule has 0 saturated heterocycles. The predicted octanol–water partition coefficient (Wildman–Crippen LogP) is 4.59. The van der Waals surface area contributed by atoms with E-state index in [2.05, 4.69) is 25.9 Å². The van der Waals surface area contributed by atoms with E-state index >= 15 is 0 Å². The van der Waals surface area contributed by atoms with E-state index in [4.69, 9.17) is 28.6 Å². The van der Waals surface area contributed by atoms with Crippen molar-refractivity contribution in [3.05, 3.63) is 58.9 Å². The number of carbonyl (C=O) groups excluding carboxylic acids is 1. The van der Waals surface area contributed by atoms with E-state index in [1.54, 1.807) is 22.7 Å². The quantitative estimate of drug-likeness (QED) is 0.385. The lowest BCUT2D eigenvalue weighted by Crippen LogP contribution is -2.34. The molecule has 2 heterocycles. The SMILES string of the molecule is CCOc1ccc(C(=O)NC(=S)Nc2cccc(-c3nn4c(CC)nnc4s3)c2)cc1Cl. The lowest BCUT2D eigenvalue weighted by Gasteiger charge is -2.11. The van der Waals surface area contributed by atoms with Crippen molar-refractivity contribution in [3.63, 3.8) is 0 Å². The standard InChI is InChI=1S/C21H19ClN6O2S2/c1-3-17-25-26-21-28(17)27-19(32-21)13-6-5-7-14(10-13)23-20(31)24-18(29)12-8-9-16(30-4-2)15(22)11-12/h5-11H,3-4H2,1-2H3,(H2,23,24,29,31). The average Bonchev–Trinajstić information content (AvgIpc) is 3.36. The number of rotatable bonds is 6. The van der Waals surface area contributed by atoms with E-state index in [0.29, 0.717) is 22.9 Å². The van der Waals surface area contributed by atoms with Crippen molar-refractivity contribution in [1.82, 2.24) is 25.1 Å². The number of carbonyl (C=O) groups is 1. The molecule has 0 bridgehead atoms. The Bertz CT molecular complexity index is 1300. The first kappa shape index (κ1) is 22.1. The third-order valence-electron chi connectivity index (χ3n) is 4.46. The Morgan fingerprint density at radius 3 is 2.81 bits per heavy atom. The molecule has 4 aromatic rings. The van der Waals surface area contributed by atoms with Gasteiger partial charge in [0, 0.05) is 23.2 Å². The maximum atomic E-state index is 12.5. The molecular formula is C21H19ClN6O2S2. The van der Waals surface area contributed by atoms with Gasteiger partial charge in [-0.15, -0.1) is 10.2 Å². The molecule has 8 nitrogen and oxygen atoms in total. The van der Waals surface area contributed by atoms with Crippen LogP contribution in [0.1, 0.15) is 30.0 Å². The smallest absolute Gasteiger partial charge is 0.257 e. The van der Waals surface area contributed by atoms with Gasteiger partial charge < -0.3 is 10.1 Å². The van der Waals surface area contributed by atoms with Crippen molar-refractivity contribution in [2.45, 2.75) is 20.3 Å². The predicted molar refractivity (Wildman–Crippen MR) is 130 cm³/mol. The van der Waals surface area contributed by atoms with Crippen molar-refractivity contribution in [2.24, 2.45) is 0 Å². The van der Waals surface area contributed by atoms with Crippen LogP contribution < -0.4 is 15.4 Å². The molecule has 0 aliphatic carbocycles. The van der Waals surface area contributed by atoms with Crippen LogP contribution in [0.3, 0.4) is 0 Å². The normalized spacial score (nSPS) is 10.8. The Hall–Kier alpha value is -3.08. The Morgan fingerprint density at radius 1 is 1.22 bits per heavy atom. The van der Waals surface area contributed by atoms with Gasteiger partial charge in [-0.25, -0.2) is 0 Å². The first-order valence-corrected chi connectivity index (χ1v) is 11.4. The molecular weight excluding hydrogens is 468 g/mol. The Balaban J connectivity index is 1.45. The number of aryl methyl sites for hydroxylation is 1. The largest absolute Gasteiger partial charge is 0.492 e. The van der Waals surface area contributed by atoms with Crippen LogP contribution in [-0.4, -0.2) is 37.4 Å². The Morgan fingerprint density at radius 2 is 2.06 bits per heavy atom. The fourth-order valence-electron chi connectivity index (χ4n) is 2.98. The minimum Gasteiger partial charge on any atom is -0.492 e. The van der Waals surface area contributed by atoms with Gasteiger partial charge in [-0.2, -0.15) is 9.61 Å². The summed E-state index contributed by atoms with van der Waals surface area (Å²) in [6.07, 6.45) is 0.749. The summed E-state index contributed by atoms with van der Waals surface area (Å²) in [4.78, 5) is 13.3. The highest BCUT2D eigenvalue weighted by Gasteiger charge is 2.14. The minimum atomic E-state index is -0.371. The second-order valence-corrected chi connectivity index (χ2v) is 8.41. The second-order valence-electron chi connectivity index (χ2n) is 6.64. The molecule has 0 unspecified atom stereocenters. The van der Waals surface area contributed by atoms with E-state index in [-0.39, 0.29) is 11.0 Å². The zero-order valence-corrected chi connectivity index (χ0v) is 19.6. The summed E-state index contributed by atoms with van der Waals surface area (Å²) in [7, 11) is 0. The number of halogens is 1. The van der Waals surface area contributed by atoms with Crippen LogP contribution >= 0.6 is 35.2 Å². The molecule has 11 heteroatoms. The Labute approximate surface area is 198 Å². The number of anilines is 1. The molecule has 2 aromatic heterocycles. The number of amides is 1. The van der Waals surface area contributed by atoms with E-state index in [9.17, 15) is 4.79 Å². The maximum Gasteiger partial charge on any atom is 0.257 e. The summed E-state index contributed by atoms with van der Waals surface area (Å²) in [6.45, 7) is 4.36. The van der Waals surface area contributed by atoms with Gasteiger partial charge in [0.05, 0.1) is 11.6 Å². The molecule has 32 heavy (non-hydrogen) atoms. The van der Waals surface area contributed by atoms with Crippen LogP contribution in [-0.2, 0) is 6.42 Å². The molecule has 0 spiro atoms. The molecule has 1 amide bonds. The number of ether oxygens (including phenoxy) is 1. The van der Waals surface area contributed by atoms with Crippen LogP contribution in [0.4, 0.5) is 5.69 Å². The van der Waals surface area contributed by atoms with Crippen LogP contribution in [0.2, 0.25) is 5.02 Å². The minimum absolute atomic E-state index is 0.170. The maximum absolute atomic E-state index is 12.5. The van der Waals surface area contributed by atoms with Crippen molar-refractivity contribution < 1.29 is 9.53 Å². The van der Waals surface area contributed by atoms with Crippen LogP contribution in [0.15, 0.2) is 42.5 Å². The Kier molecular flexibility index (Phi) is 6.63. The number of fused-ring (bicyclic) bond motifs is 1. The molecule has 0 aliphatic heterocycles. The van der Waals surface area contributed by atoms with Crippen LogP contribution in [0.25, 0.3) is 15.5 Å². The lowest BCUT2D eigenvalue weighted by atomic mass is 10.2. The third-order valence-corrected chi connectivity index (χ3v) is 5.91. The molecule has 0 atom stereocenters. The highest BCUT2D eigenvalue weighted by atomic mass is 35.5. The van der Waals surface area contributed by atoms with Gasteiger partial charge in [0.15, 0.2) is 10.9 Å². The summed E-state index contributed by atoms with van der Waals surface area (Å²) in [5.74, 6) is 0.971. The van der Waals surface area contributed by atoms with Crippen molar-refractivity contribution in [1.29, 1.82) is 0 Å². The van der Waals surface area contributed by atoms with Gasteiger partial charge in [0.1, 0.15) is 10.8 Å². The van der Waals surface area contributed by atoms with E-state index in [0.717, 1.165) is 33.5 Å². The van der Waals surface area contributed by atoms with Gasteiger partial charge in [0.25, 0.3) is 5.91 Å². The first-order chi connectivity index (χ1) is 15.5. The number of benzene rings is 2. The summed E-state index contributed by atoms with van der Waals surface area (Å²) in [5, 5.41) is 19.9. The first-order valence-electron chi connectivity index (χ1n) is 9.84. The molecule has 0 saturated carbocycles. The zero-order valence-electron chi connectivity index (χ0n) is 17.3. The molecule has 4 rings (SSSR count). The van der Waals surface area contributed by atoms with Gasteiger partial charge in [-0.1, -0.05) is 42.0 Å². The molecule has 0 aliphatic rings. The van der Waals surface area contributed by atoms with E-state index in [1.807, 2.05) is 38.1 Å².